The smallest absolute Gasteiger partial charge is 0.134 e. The Labute approximate surface area is 99.3 Å². The van der Waals surface area contributed by atoms with E-state index in [0.717, 1.165) is 16.7 Å². The van der Waals surface area contributed by atoms with Crippen molar-refractivity contribution in [3.8, 4) is 0 Å². The molecule has 2 atom stereocenters. The van der Waals surface area contributed by atoms with Crippen LogP contribution < -0.4 is 5.73 Å². The molecule has 90 valence electrons. The van der Waals surface area contributed by atoms with Crippen LogP contribution in [0.4, 0.5) is 0 Å². The van der Waals surface area contributed by atoms with Gasteiger partial charge in [0.15, 0.2) is 0 Å². The van der Waals surface area contributed by atoms with E-state index in [0.29, 0.717) is 19.8 Å². The Morgan fingerprint density at radius 2 is 2.12 bits per heavy atom. The lowest BCUT2D eigenvalue weighted by atomic mass is 10.1. The summed E-state index contributed by atoms with van der Waals surface area (Å²) in [5.74, 6) is 0.752. The molecule has 1 aromatic heterocycles. The highest BCUT2D eigenvalue weighted by Gasteiger charge is 2.25. The fourth-order valence-corrected chi connectivity index (χ4v) is 2.06. The molecule has 0 amide bonds. The fraction of sp³-hybridized carbons (Fsp3) is 0.385. The van der Waals surface area contributed by atoms with Crippen molar-refractivity contribution < 1.29 is 13.9 Å². The number of furan rings is 1. The summed E-state index contributed by atoms with van der Waals surface area (Å²) in [6.45, 7) is 1.76. The van der Waals surface area contributed by atoms with E-state index < -0.39 is 0 Å². The fourth-order valence-electron chi connectivity index (χ4n) is 2.06. The maximum Gasteiger partial charge on any atom is 0.134 e. The van der Waals surface area contributed by atoms with Crippen LogP contribution >= 0.6 is 0 Å². The number of para-hydroxylation sites is 1. The molecule has 4 heteroatoms. The van der Waals surface area contributed by atoms with Gasteiger partial charge in [0.2, 0.25) is 0 Å². The van der Waals surface area contributed by atoms with E-state index >= 15 is 0 Å². The molecule has 4 nitrogen and oxygen atoms in total. The third-order valence-electron chi connectivity index (χ3n) is 3.02. The zero-order chi connectivity index (χ0) is 11.7. The summed E-state index contributed by atoms with van der Waals surface area (Å²) in [7, 11) is 0. The first-order valence-electron chi connectivity index (χ1n) is 5.78. The molecule has 1 aliphatic rings. The Morgan fingerprint density at radius 3 is 2.88 bits per heavy atom. The highest BCUT2D eigenvalue weighted by Crippen LogP contribution is 2.26. The predicted molar refractivity (Wildman–Crippen MR) is 63.7 cm³/mol. The Balaban J connectivity index is 1.86. The molecule has 1 fully saturated rings. The summed E-state index contributed by atoms with van der Waals surface area (Å²) in [5.41, 5.74) is 6.99. The highest BCUT2D eigenvalue weighted by molar-refractivity contribution is 5.77. The van der Waals surface area contributed by atoms with Gasteiger partial charge in [-0.25, -0.2) is 0 Å². The standard InChI is InChI=1S/C13H15NO3/c14-13(12-8-15-5-6-16-12)11-7-9-3-1-2-4-10(9)17-11/h1-4,7,12-13H,5-6,8,14H2. The van der Waals surface area contributed by atoms with Gasteiger partial charge in [0.05, 0.1) is 25.9 Å². The molecule has 17 heavy (non-hydrogen) atoms. The molecule has 1 aliphatic heterocycles. The van der Waals surface area contributed by atoms with Gasteiger partial charge in [-0.1, -0.05) is 18.2 Å². The van der Waals surface area contributed by atoms with Crippen LogP contribution in [0.1, 0.15) is 11.8 Å². The van der Waals surface area contributed by atoms with E-state index in [4.69, 9.17) is 19.6 Å². The first-order valence-corrected chi connectivity index (χ1v) is 5.78. The maximum atomic E-state index is 6.13. The van der Waals surface area contributed by atoms with E-state index in [1.807, 2.05) is 30.3 Å². The van der Waals surface area contributed by atoms with Crippen molar-refractivity contribution in [3.05, 3.63) is 36.1 Å². The molecule has 1 saturated heterocycles. The normalized spacial score (nSPS) is 22.8. The second-order valence-electron chi connectivity index (χ2n) is 4.20. The minimum Gasteiger partial charge on any atom is -0.459 e. The largest absolute Gasteiger partial charge is 0.459 e. The van der Waals surface area contributed by atoms with Crippen LogP contribution in [0, 0.1) is 0 Å². The summed E-state index contributed by atoms with van der Waals surface area (Å²) in [6, 6.07) is 9.56. The Bertz CT molecular complexity index is 469. The van der Waals surface area contributed by atoms with Gasteiger partial charge >= 0.3 is 0 Å². The van der Waals surface area contributed by atoms with E-state index in [-0.39, 0.29) is 12.1 Å². The summed E-state index contributed by atoms with van der Waals surface area (Å²) >= 11 is 0. The van der Waals surface area contributed by atoms with Crippen LogP contribution in [0.2, 0.25) is 0 Å². The van der Waals surface area contributed by atoms with E-state index in [1.165, 1.54) is 0 Å². The number of benzene rings is 1. The van der Waals surface area contributed by atoms with Crippen LogP contribution in [0.25, 0.3) is 11.0 Å². The Kier molecular flexibility index (Phi) is 2.84. The van der Waals surface area contributed by atoms with Crippen LogP contribution in [0.3, 0.4) is 0 Å². The molecule has 0 bridgehead atoms. The molecule has 2 aromatic rings. The second kappa shape index (κ2) is 4.49. The lowest BCUT2D eigenvalue weighted by Gasteiger charge is -2.26. The van der Waals surface area contributed by atoms with Gasteiger partial charge in [0, 0.05) is 5.39 Å². The zero-order valence-corrected chi connectivity index (χ0v) is 9.46. The topological polar surface area (TPSA) is 57.6 Å². The predicted octanol–water partition coefficient (Wildman–Crippen LogP) is 1.85. The van der Waals surface area contributed by atoms with Crippen molar-refractivity contribution in [2.45, 2.75) is 12.1 Å². The first kappa shape index (κ1) is 10.8. The minimum atomic E-state index is -0.275. The number of nitrogens with two attached hydrogens (primary N) is 1. The van der Waals surface area contributed by atoms with Crippen molar-refractivity contribution in [2.24, 2.45) is 5.73 Å². The van der Waals surface area contributed by atoms with Crippen LogP contribution in [-0.4, -0.2) is 25.9 Å². The number of fused-ring (bicyclic) bond motifs is 1. The van der Waals surface area contributed by atoms with Gasteiger partial charge in [-0.3, -0.25) is 0 Å². The minimum absolute atomic E-state index is 0.121. The van der Waals surface area contributed by atoms with Gasteiger partial charge < -0.3 is 19.6 Å². The monoisotopic (exact) mass is 233 g/mol. The van der Waals surface area contributed by atoms with Crippen molar-refractivity contribution in [3.63, 3.8) is 0 Å². The summed E-state index contributed by atoms with van der Waals surface area (Å²) in [6.07, 6.45) is -0.121. The van der Waals surface area contributed by atoms with Crippen molar-refractivity contribution in [2.75, 3.05) is 19.8 Å². The number of ether oxygens (including phenoxy) is 2. The quantitative estimate of drug-likeness (QED) is 0.860. The molecule has 0 radical (unpaired) electrons. The van der Waals surface area contributed by atoms with Crippen LogP contribution in [-0.2, 0) is 9.47 Å². The SMILES string of the molecule is NC(c1cc2ccccc2o1)C1COCCO1. The number of hydrogen-bond donors (Lipinski definition) is 1. The molecule has 0 spiro atoms. The number of rotatable bonds is 2. The van der Waals surface area contributed by atoms with Crippen LogP contribution in [0.5, 0.6) is 0 Å². The third kappa shape index (κ3) is 2.07. The summed E-state index contributed by atoms with van der Waals surface area (Å²) in [4.78, 5) is 0. The van der Waals surface area contributed by atoms with Gasteiger partial charge in [-0.15, -0.1) is 0 Å². The van der Waals surface area contributed by atoms with Crippen molar-refractivity contribution >= 4 is 11.0 Å². The second-order valence-corrected chi connectivity index (χ2v) is 4.20. The molecular formula is C13H15NO3. The zero-order valence-electron chi connectivity index (χ0n) is 9.46. The van der Waals surface area contributed by atoms with E-state index in [2.05, 4.69) is 0 Å². The molecule has 2 N–H and O–H groups in total. The Morgan fingerprint density at radius 1 is 1.24 bits per heavy atom. The first-order chi connectivity index (χ1) is 8.34. The molecule has 3 rings (SSSR count). The van der Waals surface area contributed by atoms with E-state index in [1.54, 1.807) is 0 Å². The summed E-state index contributed by atoms with van der Waals surface area (Å²) in [5, 5.41) is 1.06. The lowest BCUT2D eigenvalue weighted by molar-refractivity contribution is -0.0994. The van der Waals surface area contributed by atoms with Crippen molar-refractivity contribution in [1.29, 1.82) is 0 Å². The molecule has 1 aromatic carbocycles. The van der Waals surface area contributed by atoms with Crippen molar-refractivity contribution in [1.82, 2.24) is 0 Å². The average molecular weight is 233 g/mol. The number of hydrogen-bond acceptors (Lipinski definition) is 4. The molecule has 0 saturated carbocycles. The lowest BCUT2D eigenvalue weighted by Crippen LogP contribution is -2.37. The van der Waals surface area contributed by atoms with Gasteiger partial charge in [-0.2, -0.15) is 0 Å². The molecule has 2 unspecified atom stereocenters. The van der Waals surface area contributed by atoms with Gasteiger partial charge in [0.1, 0.15) is 17.4 Å². The highest BCUT2D eigenvalue weighted by atomic mass is 16.6. The maximum absolute atomic E-state index is 6.13. The van der Waals surface area contributed by atoms with Crippen LogP contribution in [0.15, 0.2) is 34.7 Å². The van der Waals surface area contributed by atoms with Gasteiger partial charge in [-0.05, 0) is 12.1 Å². The molecular weight excluding hydrogens is 218 g/mol. The van der Waals surface area contributed by atoms with E-state index in [9.17, 15) is 0 Å². The molecule has 0 aliphatic carbocycles. The van der Waals surface area contributed by atoms with Gasteiger partial charge in [0.25, 0.3) is 0 Å². The third-order valence-corrected chi connectivity index (χ3v) is 3.02. The molecule has 2 heterocycles. The summed E-state index contributed by atoms with van der Waals surface area (Å²) < 4.78 is 16.7. The Hall–Kier alpha value is -1.36. The average Bonchev–Trinajstić information content (AvgIpc) is 2.82.